The van der Waals surface area contributed by atoms with Gasteiger partial charge < -0.3 is 14.8 Å². The van der Waals surface area contributed by atoms with E-state index in [4.69, 9.17) is 9.47 Å². The second-order valence-corrected chi connectivity index (χ2v) is 6.84. The van der Waals surface area contributed by atoms with Gasteiger partial charge in [-0.1, -0.05) is 24.3 Å². The van der Waals surface area contributed by atoms with E-state index < -0.39 is 0 Å². The molecule has 0 fully saturated rings. The summed E-state index contributed by atoms with van der Waals surface area (Å²) < 4.78 is 11.0. The van der Waals surface area contributed by atoms with Crippen molar-refractivity contribution < 1.29 is 14.3 Å². The number of ether oxygens (including phenoxy) is 2. The van der Waals surface area contributed by atoms with Crippen molar-refractivity contribution in [1.29, 1.82) is 0 Å². The number of nitrogens with zero attached hydrogens (tertiary/aromatic N) is 2. The minimum Gasteiger partial charge on any atom is -0.497 e. The van der Waals surface area contributed by atoms with Crippen LogP contribution in [0.4, 0.5) is 5.69 Å². The molecule has 32 heavy (non-hydrogen) atoms. The maximum Gasteiger partial charge on any atom is 0.274 e. The normalized spacial score (nSPS) is 10.7. The van der Waals surface area contributed by atoms with Crippen LogP contribution in [-0.2, 0) is 0 Å². The summed E-state index contributed by atoms with van der Waals surface area (Å²) in [6.07, 6.45) is 9.11. The molecule has 0 unspecified atom stereocenters. The third-order valence-electron chi connectivity index (χ3n) is 4.60. The summed E-state index contributed by atoms with van der Waals surface area (Å²) in [4.78, 5) is 20.7. The number of hydrogen-bond acceptors (Lipinski definition) is 5. The van der Waals surface area contributed by atoms with Crippen molar-refractivity contribution in [3.05, 3.63) is 108 Å². The van der Waals surface area contributed by atoms with E-state index in [0.29, 0.717) is 17.2 Å². The summed E-state index contributed by atoms with van der Waals surface area (Å²) in [5.74, 6) is 1.59. The number of amides is 1. The molecule has 158 valence electrons. The van der Waals surface area contributed by atoms with Gasteiger partial charge in [0.05, 0.1) is 7.11 Å². The Balaban J connectivity index is 1.39. The molecule has 0 radical (unpaired) electrons. The van der Waals surface area contributed by atoms with E-state index in [-0.39, 0.29) is 11.6 Å². The fraction of sp³-hybridized carbons (Fsp3) is 0.0385. The summed E-state index contributed by atoms with van der Waals surface area (Å²) in [6.45, 7) is 0. The van der Waals surface area contributed by atoms with Gasteiger partial charge in [0, 0.05) is 30.3 Å². The molecule has 6 nitrogen and oxygen atoms in total. The van der Waals surface area contributed by atoms with Crippen LogP contribution in [0.15, 0.2) is 91.4 Å². The highest BCUT2D eigenvalue weighted by molar-refractivity contribution is 6.03. The van der Waals surface area contributed by atoms with E-state index in [1.54, 1.807) is 62.1 Å². The molecule has 0 atom stereocenters. The predicted molar refractivity (Wildman–Crippen MR) is 125 cm³/mol. The van der Waals surface area contributed by atoms with E-state index >= 15 is 0 Å². The van der Waals surface area contributed by atoms with E-state index in [2.05, 4.69) is 15.3 Å². The number of aromatic nitrogens is 2. The minimum atomic E-state index is -0.322. The van der Waals surface area contributed by atoms with E-state index in [1.807, 2.05) is 48.6 Å². The second-order valence-electron chi connectivity index (χ2n) is 6.84. The van der Waals surface area contributed by atoms with Crippen LogP contribution < -0.4 is 14.8 Å². The van der Waals surface area contributed by atoms with Crippen molar-refractivity contribution in [3.8, 4) is 17.2 Å². The lowest BCUT2D eigenvalue weighted by Gasteiger charge is -2.09. The fourth-order valence-corrected chi connectivity index (χ4v) is 2.92. The number of anilines is 1. The number of hydrogen-bond donors (Lipinski definition) is 1. The first-order valence-electron chi connectivity index (χ1n) is 9.97. The van der Waals surface area contributed by atoms with Gasteiger partial charge in [0.1, 0.15) is 22.9 Å². The zero-order valence-electron chi connectivity index (χ0n) is 17.4. The first kappa shape index (κ1) is 20.8. The van der Waals surface area contributed by atoms with Crippen molar-refractivity contribution >= 4 is 23.7 Å². The Labute approximate surface area is 186 Å². The average Bonchev–Trinajstić information content (AvgIpc) is 2.85. The van der Waals surface area contributed by atoms with Gasteiger partial charge in [-0.3, -0.25) is 14.8 Å². The molecule has 0 aliphatic rings. The van der Waals surface area contributed by atoms with Gasteiger partial charge >= 0.3 is 0 Å². The van der Waals surface area contributed by atoms with Gasteiger partial charge in [0.2, 0.25) is 0 Å². The van der Waals surface area contributed by atoms with Crippen LogP contribution in [0.5, 0.6) is 17.2 Å². The number of benzene rings is 2. The third-order valence-corrected chi connectivity index (χ3v) is 4.60. The van der Waals surface area contributed by atoms with E-state index in [9.17, 15) is 4.79 Å². The highest BCUT2D eigenvalue weighted by Crippen LogP contribution is 2.23. The summed E-state index contributed by atoms with van der Waals surface area (Å²) in [5.41, 5.74) is 3.04. The van der Waals surface area contributed by atoms with Crippen LogP contribution in [0.3, 0.4) is 0 Å². The van der Waals surface area contributed by atoms with Crippen molar-refractivity contribution in [2.75, 3.05) is 12.4 Å². The number of pyridine rings is 2. The Bertz CT molecular complexity index is 1210. The number of carbonyl (C=O) groups excluding carboxylic acids is 1. The standard InChI is InChI=1S/C26H21N3O3/c1-31-22-10-6-21(7-11-22)29-26(30)25-18-24(14-17-28-25)32-23-8-4-19(5-9-23)2-3-20-12-15-27-16-13-20/h2-18H,1H3,(H,29,30)/b3-2+. The van der Waals surface area contributed by atoms with Crippen molar-refractivity contribution in [2.24, 2.45) is 0 Å². The molecule has 0 aliphatic heterocycles. The minimum absolute atomic E-state index is 0.259. The van der Waals surface area contributed by atoms with Gasteiger partial charge in [-0.15, -0.1) is 0 Å². The molecule has 4 rings (SSSR count). The van der Waals surface area contributed by atoms with Crippen molar-refractivity contribution in [1.82, 2.24) is 9.97 Å². The molecular formula is C26H21N3O3. The Morgan fingerprint density at radius 3 is 2.12 bits per heavy atom. The van der Waals surface area contributed by atoms with Crippen LogP contribution in [0.2, 0.25) is 0 Å². The Hall–Kier alpha value is -4.45. The summed E-state index contributed by atoms with van der Waals surface area (Å²) in [5, 5.41) is 2.81. The largest absolute Gasteiger partial charge is 0.497 e. The molecule has 1 N–H and O–H groups in total. The maximum absolute atomic E-state index is 12.5. The molecule has 0 spiro atoms. The lowest BCUT2D eigenvalue weighted by Crippen LogP contribution is -2.13. The molecule has 0 saturated heterocycles. The van der Waals surface area contributed by atoms with Gasteiger partial charge in [0.25, 0.3) is 5.91 Å². The number of nitrogens with one attached hydrogen (secondary N) is 1. The lowest BCUT2D eigenvalue weighted by atomic mass is 10.1. The molecule has 6 heteroatoms. The topological polar surface area (TPSA) is 73.3 Å². The SMILES string of the molecule is COc1ccc(NC(=O)c2cc(Oc3ccc(/C=C/c4ccncc4)cc3)ccn2)cc1. The Kier molecular flexibility index (Phi) is 6.53. The number of carbonyl (C=O) groups is 1. The fourth-order valence-electron chi connectivity index (χ4n) is 2.92. The van der Waals surface area contributed by atoms with Crippen LogP contribution in [0.1, 0.15) is 21.6 Å². The van der Waals surface area contributed by atoms with E-state index in [1.165, 1.54) is 0 Å². The van der Waals surface area contributed by atoms with Gasteiger partial charge in [-0.05, 0) is 65.7 Å². The van der Waals surface area contributed by atoms with Crippen LogP contribution in [0, 0.1) is 0 Å². The first-order valence-corrected chi connectivity index (χ1v) is 9.97. The highest BCUT2D eigenvalue weighted by atomic mass is 16.5. The second kappa shape index (κ2) is 10.0. The molecule has 1 amide bonds. The van der Waals surface area contributed by atoms with E-state index in [0.717, 1.165) is 16.9 Å². The van der Waals surface area contributed by atoms with Gasteiger partial charge in [0.15, 0.2) is 0 Å². The number of rotatable bonds is 7. The molecule has 4 aromatic rings. The third kappa shape index (κ3) is 5.58. The Morgan fingerprint density at radius 2 is 1.44 bits per heavy atom. The average molecular weight is 423 g/mol. The molecule has 2 heterocycles. The molecular weight excluding hydrogens is 402 g/mol. The zero-order chi connectivity index (χ0) is 22.2. The quantitative estimate of drug-likeness (QED) is 0.413. The van der Waals surface area contributed by atoms with Gasteiger partial charge in [-0.2, -0.15) is 0 Å². The summed E-state index contributed by atoms with van der Waals surface area (Å²) in [6, 6.07) is 22.0. The molecule has 2 aromatic heterocycles. The lowest BCUT2D eigenvalue weighted by molar-refractivity contribution is 0.102. The van der Waals surface area contributed by atoms with Crippen molar-refractivity contribution in [3.63, 3.8) is 0 Å². The van der Waals surface area contributed by atoms with Crippen LogP contribution >= 0.6 is 0 Å². The van der Waals surface area contributed by atoms with Crippen molar-refractivity contribution in [2.45, 2.75) is 0 Å². The highest BCUT2D eigenvalue weighted by Gasteiger charge is 2.10. The molecule has 2 aromatic carbocycles. The predicted octanol–water partition coefficient (Wildman–Crippen LogP) is 5.70. The zero-order valence-corrected chi connectivity index (χ0v) is 17.4. The van der Waals surface area contributed by atoms with Gasteiger partial charge in [-0.25, -0.2) is 0 Å². The van der Waals surface area contributed by atoms with Crippen LogP contribution in [0.25, 0.3) is 12.2 Å². The Morgan fingerprint density at radius 1 is 0.781 bits per heavy atom. The molecule has 0 saturated carbocycles. The molecule has 0 bridgehead atoms. The summed E-state index contributed by atoms with van der Waals surface area (Å²) >= 11 is 0. The smallest absolute Gasteiger partial charge is 0.274 e. The monoisotopic (exact) mass is 423 g/mol. The number of methoxy groups -OCH3 is 1. The first-order chi connectivity index (χ1) is 15.7. The summed E-state index contributed by atoms with van der Waals surface area (Å²) in [7, 11) is 1.59. The maximum atomic E-state index is 12.5. The molecule has 0 aliphatic carbocycles. The van der Waals surface area contributed by atoms with Crippen LogP contribution in [-0.4, -0.2) is 23.0 Å².